The van der Waals surface area contributed by atoms with E-state index in [0.717, 1.165) is 25.1 Å². The summed E-state index contributed by atoms with van der Waals surface area (Å²) in [6.45, 7) is 0.923. The summed E-state index contributed by atoms with van der Waals surface area (Å²) < 4.78 is 0. The molecule has 0 atom stereocenters. The molecule has 0 aromatic heterocycles. The first-order chi connectivity index (χ1) is 8.75. The summed E-state index contributed by atoms with van der Waals surface area (Å²) in [5.74, 6) is 0. The van der Waals surface area contributed by atoms with E-state index in [1.165, 1.54) is 5.56 Å². The van der Waals surface area contributed by atoms with Crippen molar-refractivity contribution in [1.82, 2.24) is 0 Å². The second kappa shape index (κ2) is 6.67. The molecule has 0 saturated carbocycles. The van der Waals surface area contributed by atoms with Crippen molar-refractivity contribution in [3.63, 3.8) is 0 Å². The molecule has 0 radical (unpaired) electrons. The van der Waals surface area contributed by atoms with Crippen molar-refractivity contribution in [3.05, 3.63) is 64.1 Å². The van der Waals surface area contributed by atoms with Gasteiger partial charge in [0.15, 0.2) is 0 Å². The van der Waals surface area contributed by atoms with Crippen LogP contribution in [0.1, 0.15) is 12.0 Å². The highest BCUT2D eigenvalue weighted by Crippen LogP contribution is 2.24. The predicted octanol–water partition coefficient (Wildman–Crippen LogP) is 5.04. The molecule has 0 bridgehead atoms. The van der Waals surface area contributed by atoms with Crippen molar-refractivity contribution < 1.29 is 0 Å². The van der Waals surface area contributed by atoms with Crippen molar-refractivity contribution in [1.29, 1.82) is 0 Å². The topological polar surface area (TPSA) is 12.0 Å². The number of hydrogen-bond donors (Lipinski definition) is 1. The third-order valence-corrected chi connectivity index (χ3v) is 3.47. The molecular formula is C15H15Cl2N. The average Bonchev–Trinajstić information content (AvgIpc) is 2.40. The first-order valence-corrected chi connectivity index (χ1v) is 6.74. The van der Waals surface area contributed by atoms with E-state index in [-0.39, 0.29) is 0 Å². The number of anilines is 1. The molecule has 2 aromatic carbocycles. The van der Waals surface area contributed by atoms with Crippen LogP contribution in [0.4, 0.5) is 5.69 Å². The van der Waals surface area contributed by atoms with Gasteiger partial charge in [0, 0.05) is 12.2 Å². The van der Waals surface area contributed by atoms with E-state index in [2.05, 4.69) is 29.6 Å². The maximum Gasteiger partial charge on any atom is 0.0612 e. The standard InChI is InChI=1S/C15H15Cl2N/c16-14-9-8-13(11-15(14)17)18-10-4-7-12-5-2-1-3-6-12/h1-3,5-6,8-9,11,18H,4,7,10H2. The largest absolute Gasteiger partial charge is 0.385 e. The number of rotatable bonds is 5. The van der Waals surface area contributed by atoms with Crippen molar-refractivity contribution in [2.75, 3.05) is 11.9 Å². The summed E-state index contributed by atoms with van der Waals surface area (Å²) in [5, 5.41) is 4.52. The van der Waals surface area contributed by atoms with Crippen molar-refractivity contribution in [2.24, 2.45) is 0 Å². The Kier molecular flexibility index (Phi) is 4.91. The van der Waals surface area contributed by atoms with Crippen LogP contribution in [-0.2, 0) is 6.42 Å². The van der Waals surface area contributed by atoms with Gasteiger partial charge in [-0.2, -0.15) is 0 Å². The molecule has 2 rings (SSSR count). The highest BCUT2D eigenvalue weighted by Gasteiger charge is 1.98. The maximum atomic E-state index is 5.95. The van der Waals surface area contributed by atoms with Gasteiger partial charge in [-0.3, -0.25) is 0 Å². The minimum atomic E-state index is 0.588. The Morgan fingerprint density at radius 3 is 2.39 bits per heavy atom. The van der Waals surface area contributed by atoms with Crippen LogP contribution in [0.3, 0.4) is 0 Å². The number of hydrogen-bond acceptors (Lipinski definition) is 1. The van der Waals surface area contributed by atoms with Crippen LogP contribution in [0.25, 0.3) is 0 Å². The summed E-state index contributed by atoms with van der Waals surface area (Å²) in [5.41, 5.74) is 2.38. The van der Waals surface area contributed by atoms with Crippen molar-refractivity contribution in [3.8, 4) is 0 Å². The molecule has 0 fully saturated rings. The molecule has 0 aliphatic heterocycles. The molecule has 94 valence electrons. The van der Waals surface area contributed by atoms with Gasteiger partial charge in [0.1, 0.15) is 0 Å². The number of halogens is 2. The fraction of sp³-hybridized carbons (Fsp3) is 0.200. The van der Waals surface area contributed by atoms with Gasteiger partial charge in [0.05, 0.1) is 10.0 Å². The van der Waals surface area contributed by atoms with Gasteiger partial charge in [-0.05, 0) is 36.6 Å². The second-order valence-electron chi connectivity index (χ2n) is 4.14. The minimum absolute atomic E-state index is 0.588. The van der Waals surface area contributed by atoms with Crippen molar-refractivity contribution in [2.45, 2.75) is 12.8 Å². The molecule has 3 heteroatoms. The molecule has 0 saturated heterocycles. The summed E-state index contributed by atoms with van der Waals surface area (Å²) in [6.07, 6.45) is 2.17. The lowest BCUT2D eigenvalue weighted by Gasteiger charge is -2.07. The summed E-state index contributed by atoms with van der Waals surface area (Å²) in [6, 6.07) is 16.1. The van der Waals surface area contributed by atoms with Gasteiger partial charge >= 0.3 is 0 Å². The molecule has 0 aliphatic carbocycles. The van der Waals surface area contributed by atoms with E-state index < -0.39 is 0 Å². The van der Waals surface area contributed by atoms with E-state index in [9.17, 15) is 0 Å². The van der Waals surface area contributed by atoms with Gasteiger partial charge in [0.2, 0.25) is 0 Å². The lowest BCUT2D eigenvalue weighted by atomic mass is 10.1. The summed E-state index contributed by atoms with van der Waals surface area (Å²) in [4.78, 5) is 0. The molecule has 2 aromatic rings. The summed E-state index contributed by atoms with van der Waals surface area (Å²) in [7, 11) is 0. The lowest BCUT2D eigenvalue weighted by Crippen LogP contribution is -2.02. The fourth-order valence-corrected chi connectivity index (χ4v) is 2.07. The number of aryl methyl sites for hydroxylation is 1. The minimum Gasteiger partial charge on any atom is -0.385 e. The zero-order valence-corrected chi connectivity index (χ0v) is 11.5. The van der Waals surface area contributed by atoms with Crippen LogP contribution in [0.15, 0.2) is 48.5 Å². The van der Waals surface area contributed by atoms with Crippen LogP contribution >= 0.6 is 23.2 Å². The Morgan fingerprint density at radius 2 is 1.67 bits per heavy atom. The highest BCUT2D eigenvalue weighted by atomic mass is 35.5. The van der Waals surface area contributed by atoms with Crippen molar-refractivity contribution >= 4 is 28.9 Å². The lowest BCUT2D eigenvalue weighted by molar-refractivity contribution is 0.863. The number of nitrogens with one attached hydrogen (secondary N) is 1. The SMILES string of the molecule is Clc1ccc(NCCCc2ccccc2)cc1Cl. The average molecular weight is 280 g/mol. The molecule has 0 aliphatic rings. The van der Waals surface area contributed by atoms with Gasteiger partial charge in [-0.15, -0.1) is 0 Å². The third-order valence-electron chi connectivity index (χ3n) is 2.73. The Labute approximate surface area is 118 Å². The van der Waals surface area contributed by atoms with Gasteiger partial charge in [-0.1, -0.05) is 53.5 Å². The highest BCUT2D eigenvalue weighted by molar-refractivity contribution is 6.42. The second-order valence-corrected chi connectivity index (χ2v) is 4.96. The van der Waals surface area contributed by atoms with Gasteiger partial charge in [0.25, 0.3) is 0 Å². The molecule has 0 amide bonds. The van der Waals surface area contributed by atoms with Crippen LogP contribution < -0.4 is 5.32 Å². The molecule has 0 heterocycles. The molecule has 0 unspecified atom stereocenters. The van der Waals surface area contributed by atoms with E-state index in [1.54, 1.807) is 0 Å². The van der Waals surface area contributed by atoms with Crippen LogP contribution in [0.2, 0.25) is 10.0 Å². The predicted molar refractivity (Wildman–Crippen MR) is 79.7 cm³/mol. The van der Waals surface area contributed by atoms with E-state index in [1.807, 2.05) is 24.3 Å². The van der Waals surface area contributed by atoms with Crippen LogP contribution in [0.5, 0.6) is 0 Å². The monoisotopic (exact) mass is 279 g/mol. The molecule has 1 N–H and O–H groups in total. The maximum absolute atomic E-state index is 5.95. The zero-order chi connectivity index (χ0) is 12.8. The molecule has 1 nitrogen and oxygen atoms in total. The van der Waals surface area contributed by atoms with Crippen LogP contribution in [-0.4, -0.2) is 6.54 Å². The molecule has 18 heavy (non-hydrogen) atoms. The van der Waals surface area contributed by atoms with E-state index in [4.69, 9.17) is 23.2 Å². The van der Waals surface area contributed by atoms with Crippen LogP contribution in [0, 0.1) is 0 Å². The van der Waals surface area contributed by atoms with E-state index in [0.29, 0.717) is 10.0 Å². The Hall–Kier alpha value is -1.18. The first kappa shape index (κ1) is 13.3. The number of benzene rings is 2. The summed E-state index contributed by atoms with van der Waals surface area (Å²) >= 11 is 11.8. The van der Waals surface area contributed by atoms with Gasteiger partial charge in [-0.25, -0.2) is 0 Å². The normalized spacial score (nSPS) is 10.3. The van der Waals surface area contributed by atoms with E-state index >= 15 is 0 Å². The Morgan fingerprint density at radius 1 is 0.889 bits per heavy atom. The first-order valence-electron chi connectivity index (χ1n) is 5.98. The Bertz CT molecular complexity index is 497. The smallest absolute Gasteiger partial charge is 0.0612 e. The van der Waals surface area contributed by atoms with Gasteiger partial charge < -0.3 is 5.32 Å². The zero-order valence-electron chi connectivity index (χ0n) is 10.00. The Balaban J connectivity index is 1.77. The quantitative estimate of drug-likeness (QED) is 0.757. The molecular weight excluding hydrogens is 265 g/mol. The third kappa shape index (κ3) is 3.94. The fourth-order valence-electron chi connectivity index (χ4n) is 1.78. The molecule has 0 spiro atoms.